The molecule has 2 fully saturated rings. The molecule has 5 atom stereocenters. The minimum absolute atomic E-state index is 0.0228. The monoisotopic (exact) mass is 505 g/mol. The van der Waals surface area contributed by atoms with Crippen molar-refractivity contribution in [2.24, 2.45) is 29.4 Å². The molecule has 3 aliphatic carbocycles. The largest absolute Gasteiger partial charge is 0.507 e. The molecule has 37 heavy (non-hydrogen) atoms. The van der Waals surface area contributed by atoms with E-state index < -0.39 is 58.3 Å². The zero-order valence-corrected chi connectivity index (χ0v) is 20.2. The molecule has 192 valence electrons. The fourth-order valence-corrected chi connectivity index (χ4v) is 6.34. The predicted molar refractivity (Wildman–Crippen MR) is 129 cm³/mol. The number of nitrogens with two attached hydrogens (primary N) is 1. The SMILES string of the molecule is COc1ccc(CCc2ccc(O)c3c2C[C@H]2C[C@H]4CC(=O)C(C(N)=O)C(=O)[C@@]4(O)C(=O)C2C3=O)cc1. The number of ether oxygens (including phenoxy) is 1. The van der Waals surface area contributed by atoms with Gasteiger partial charge in [-0.1, -0.05) is 18.2 Å². The quantitative estimate of drug-likeness (QED) is 0.510. The third-order valence-electron chi connectivity index (χ3n) is 8.22. The Kier molecular flexibility index (Phi) is 5.98. The summed E-state index contributed by atoms with van der Waals surface area (Å²) < 4.78 is 5.19. The molecule has 1 amide bonds. The summed E-state index contributed by atoms with van der Waals surface area (Å²) in [5.74, 6) is -9.26. The number of aryl methyl sites for hydroxylation is 2. The molecule has 2 saturated carbocycles. The standard InChI is InChI=1S/C28H27NO8/c1-37-17-7-3-13(4-8-17)2-5-14-6-9-19(30)22-18(14)11-15-10-16-12-20(31)23(27(29)35)26(34)28(16,36)25(33)21(15)24(22)32/h3-4,6-9,15-16,21,23,30,36H,2,5,10-12H2,1H3,(H2,29,35)/t15-,16+,21?,23?,28+/m1/s1. The third kappa shape index (κ3) is 3.76. The van der Waals surface area contributed by atoms with Gasteiger partial charge in [0.15, 0.2) is 34.7 Å². The lowest BCUT2D eigenvalue weighted by Gasteiger charge is -2.48. The minimum atomic E-state index is -2.64. The number of hydrogen-bond donors (Lipinski definition) is 3. The summed E-state index contributed by atoms with van der Waals surface area (Å²) >= 11 is 0. The molecule has 0 saturated heterocycles. The second-order valence-electron chi connectivity index (χ2n) is 10.2. The van der Waals surface area contributed by atoms with Gasteiger partial charge in [-0.15, -0.1) is 0 Å². The fourth-order valence-electron chi connectivity index (χ4n) is 6.34. The number of aromatic hydroxyl groups is 1. The molecule has 4 N–H and O–H groups in total. The number of carbonyl (C=O) groups excluding carboxylic acids is 5. The molecule has 5 rings (SSSR count). The van der Waals surface area contributed by atoms with Crippen LogP contribution in [0.1, 0.15) is 39.9 Å². The van der Waals surface area contributed by atoms with Gasteiger partial charge in [-0.2, -0.15) is 0 Å². The van der Waals surface area contributed by atoms with E-state index in [1.54, 1.807) is 13.2 Å². The Bertz CT molecular complexity index is 1350. The van der Waals surface area contributed by atoms with Crippen molar-refractivity contribution in [2.75, 3.05) is 7.11 Å². The smallest absolute Gasteiger partial charge is 0.235 e. The van der Waals surface area contributed by atoms with Crippen molar-refractivity contribution >= 4 is 29.0 Å². The van der Waals surface area contributed by atoms with Crippen molar-refractivity contribution in [1.29, 1.82) is 0 Å². The molecule has 2 aromatic carbocycles. The molecule has 0 radical (unpaired) electrons. The number of carbonyl (C=O) groups is 5. The van der Waals surface area contributed by atoms with Crippen molar-refractivity contribution in [3.05, 3.63) is 58.7 Å². The van der Waals surface area contributed by atoms with E-state index in [1.807, 2.05) is 24.3 Å². The van der Waals surface area contributed by atoms with E-state index in [0.29, 0.717) is 18.4 Å². The van der Waals surface area contributed by atoms with Crippen LogP contribution in [0.2, 0.25) is 0 Å². The van der Waals surface area contributed by atoms with Crippen LogP contribution in [0.4, 0.5) is 0 Å². The van der Waals surface area contributed by atoms with Crippen LogP contribution in [0.5, 0.6) is 11.5 Å². The van der Waals surface area contributed by atoms with Crippen molar-refractivity contribution < 1.29 is 38.9 Å². The summed E-state index contributed by atoms with van der Waals surface area (Å²) in [6, 6.07) is 10.8. The van der Waals surface area contributed by atoms with E-state index in [2.05, 4.69) is 0 Å². The molecule has 2 unspecified atom stereocenters. The van der Waals surface area contributed by atoms with Gasteiger partial charge in [0.2, 0.25) is 5.91 Å². The summed E-state index contributed by atoms with van der Waals surface area (Å²) in [6.07, 6.45) is 1.25. The highest BCUT2D eigenvalue weighted by atomic mass is 16.5. The highest BCUT2D eigenvalue weighted by Gasteiger charge is 2.66. The first-order chi connectivity index (χ1) is 17.6. The van der Waals surface area contributed by atoms with Crippen LogP contribution in [-0.4, -0.2) is 52.0 Å². The van der Waals surface area contributed by atoms with Gasteiger partial charge in [0, 0.05) is 12.3 Å². The van der Waals surface area contributed by atoms with Gasteiger partial charge in [-0.3, -0.25) is 24.0 Å². The topological polar surface area (TPSA) is 161 Å². The van der Waals surface area contributed by atoms with E-state index in [0.717, 1.165) is 16.9 Å². The summed E-state index contributed by atoms with van der Waals surface area (Å²) in [5.41, 5.74) is 5.15. The highest BCUT2D eigenvalue weighted by Crippen LogP contribution is 2.50. The number of rotatable bonds is 5. The van der Waals surface area contributed by atoms with E-state index >= 15 is 0 Å². The zero-order valence-electron chi connectivity index (χ0n) is 20.2. The maximum absolute atomic E-state index is 13.6. The molecule has 0 aromatic heterocycles. The van der Waals surface area contributed by atoms with E-state index in [1.165, 1.54) is 6.07 Å². The molecule has 0 spiro atoms. The average molecular weight is 506 g/mol. The van der Waals surface area contributed by atoms with Gasteiger partial charge in [0.1, 0.15) is 11.5 Å². The number of phenolic OH excluding ortho intramolecular Hbond substituents is 1. The Morgan fingerprint density at radius 3 is 2.38 bits per heavy atom. The first kappa shape index (κ1) is 24.8. The van der Waals surface area contributed by atoms with Crippen LogP contribution < -0.4 is 10.5 Å². The lowest BCUT2D eigenvalue weighted by Crippen LogP contribution is -2.68. The first-order valence-corrected chi connectivity index (χ1v) is 12.2. The second-order valence-corrected chi connectivity index (χ2v) is 10.2. The second kappa shape index (κ2) is 8.92. The van der Waals surface area contributed by atoms with Gasteiger partial charge < -0.3 is 20.7 Å². The summed E-state index contributed by atoms with van der Waals surface area (Å²) in [5, 5.41) is 21.8. The van der Waals surface area contributed by atoms with Gasteiger partial charge in [-0.05, 0) is 66.5 Å². The van der Waals surface area contributed by atoms with Crippen LogP contribution in [0.15, 0.2) is 36.4 Å². The van der Waals surface area contributed by atoms with E-state index in [4.69, 9.17) is 10.5 Å². The summed E-state index contributed by atoms with van der Waals surface area (Å²) in [7, 11) is 1.59. The molecule has 0 bridgehead atoms. The Hall–Kier alpha value is -3.85. The summed E-state index contributed by atoms with van der Waals surface area (Å²) in [6.45, 7) is 0. The number of methoxy groups -OCH3 is 1. The molecule has 3 aliphatic rings. The fraction of sp³-hybridized carbons (Fsp3) is 0.393. The zero-order chi connectivity index (χ0) is 26.6. The third-order valence-corrected chi connectivity index (χ3v) is 8.22. The normalized spacial score (nSPS) is 28.8. The minimum Gasteiger partial charge on any atom is -0.507 e. The number of hydrogen-bond acceptors (Lipinski definition) is 8. The number of amides is 1. The molecule has 0 aliphatic heterocycles. The molecule has 9 nitrogen and oxygen atoms in total. The Morgan fingerprint density at radius 2 is 1.73 bits per heavy atom. The maximum atomic E-state index is 13.6. The Labute approximate surface area is 212 Å². The van der Waals surface area contributed by atoms with Gasteiger partial charge in [0.25, 0.3) is 0 Å². The van der Waals surface area contributed by atoms with Gasteiger partial charge in [0.05, 0.1) is 18.6 Å². The van der Waals surface area contributed by atoms with Crippen LogP contribution in [0.3, 0.4) is 0 Å². The first-order valence-electron chi connectivity index (χ1n) is 12.2. The lowest BCUT2D eigenvalue weighted by molar-refractivity contribution is -0.175. The molecule has 0 heterocycles. The van der Waals surface area contributed by atoms with E-state index in [9.17, 15) is 34.2 Å². The van der Waals surface area contributed by atoms with Crippen LogP contribution >= 0.6 is 0 Å². The van der Waals surface area contributed by atoms with Crippen LogP contribution in [-0.2, 0) is 38.4 Å². The van der Waals surface area contributed by atoms with Crippen molar-refractivity contribution in [1.82, 2.24) is 0 Å². The van der Waals surface area contributed by atoms with Crippen LogP contribution in [0, 0.1) is 23.7 Å². The predicted octanol–water partition coefficient (Wildman–Crippen LogP) is 1.12. The number of ketones is 4. The number of aliphatic hydroxyl groups is 1. The van der Waals surface area contributed by atoms with Crippen LogP contribution in [0.25, 0.3) is 0 Å². The Morgan fingerprint density at radius 1 is 1.03 bits per heavy atom. The average Bonchev–Trinajstić information content (AvgIpc) is 2.86. The molecular formula is C28H27NO8. The maximum Gasteiger partial charge on any atom is 0.235 e. The number of fused-ring (bicyclic) bond motifs is 3. The molecule has 2 aromatic rings. The number of primary amides is 1. The molecule has 9 heteroatoms. The van der Waals surface area contributed by atoms with E-state index in [-0.39, 0.29) is 30.6 Å². The molecular weight excluding hydrogens is 478 g/mol. The van der Waals surface area contributed by atoms with Crippen molar-refractivity contribution in [3.63, 3.8) is 0 Å². The van der Waals surface area contributed by atoms with Crippen molar-refractivity contribution in [3.8, 4) is 11.5 Å². The highest BCUT2D eigenvalue weighted by molar-refractivity contribution is 6.31. The Balaban J connectivity index is 1.48. The lowest BCUT2D eigenvalue weighted by atomic mass is 9.53. The number of Topliss-reactive ketones (excluding diaryl/α,β-unsaturated/α-hetero) is 4. The van der Waals surface area contributed by atoms with Gasteiger partial charge >= 0.3 is 0 Å². The van der Waals surface area contributed by atoms with Gasteiger partial charge in [-0.25, -0.2) is 0 Å². The van der Waals surface area contributed by atoms with Crippen molar-refractivity contribution in [2.45, 2.75) is 37.7 Å². The number of benzene rings is 2. The summed E-state index contributed by atoms with van der Waals surface area (Å²) in [4.78, 5) is 64.4. The number of phenols is 1.